The average molecular weight is 307 g/mol. The van der Waals surface area contributed by atoms with E-state index < -0.39 is 10.7 Å². The summed E-state index contributed by atoms with van der Waals surface area (Å²) in [5.74, 6) is 0.186. The van der Waals surface area contributed by atoms with Gasteiger partial charge in [-0.15, -0.1) is 0 Å². The van der Waals surface area contributed by atoms with Crippen LogP contribution in [0, 0.1) is 27.8 Å². The molecule has 3 rings (SSSR count). The Hall–Kier alpha value is -2.18. The molecule has 0 spiro atoms. The highest BCUT2D eigenvalue weighted by Gasteiger charge is 2.36. The van der Waals surface area contributed by atoms with Gasteiger partial charge in [0.1, 0.15) is 11.5 Å². The predicted octanol–water partition coefficient (Wildman–Crippen LogP) is 2.40. The maximum absolute atomic E-state index is 13.3. The van der Waals surface area contributed by atoms with Gasteiger partial charge >= 0.3 is 0 Å². The topological polar surface area (TPSA) is 75.5 Å². The van der Waals surface area contributed by atoms with Crippen LogP contribution in [-0.2, 0) is 4.79 Å². The van der Waals surface area contributed by atoms with Crippen molar-refractivity contribution in [2.45, 2.75) is 19.3 Å². The van der Waals surface area contributed by atoms with Gasteiger partial charge < -0.3 is 10.2 Å². The summed E-state index contributed by atoms with van der Waals surface area (Å²) in [7, 11) is 0. The van der Waals surface area contributed by atoms with Crippen molar-refractivity contribution in [1.82, 2.24) is 4.90 Å². The number of amides is 1. The molecule has 0 aromatic heterocycles. The maximum Gasteiger partial charge on any atom is 0.292 e. The summed E-state index contributed by atoms with van der Waals surface area (Å²) in [5, 5.41) is 13.9. The summed E-state index contributed by atoms with van der Waals surface area (Å²) >= 11 is 0. The largest absolute Gasteiger partial charge is 0.379 e. The first kappa shape index (κ1) is 14.7. The van der Waals surface area contributed by atoms with E-state index in [1.54, 1.807) is 0 Å². The third-order valence-electron chi connectivity index (χ3n) is 4.26. The Kier molecular flexibility index (Phi) is 3.96. The number of nitro groups is 1. The molecule has 0 radical (unpaired) electrons. The molecule has 1 saturated carbocycles. The molecule has 7 heteroatoms. The first-order chi connectivity index (χ1) is 10.5. The molecule has 1 aliphatic heterocycles. The van der Waals surface area contributed by atoms with Gasteiger partial charge in [0.05, 0.1) is 4.92 Å². The standard InChI is InChI=1S/C15H18FN3O3/c16-12-3-4-14(19(21)22)13(7-12)17-8-10-5-6-18(9-10)15(20)11-1-2-11/h3-4,7,10-11,17H,1-2,5-6,8-9H2/t10-/m0/s1. The lowest BCUT2D eigenvalue weighted by molar-refractivity contribution is -0.384. The SMILES string of the molecule is O=C(C1CC1)N1CC[C@@H](CNc2cc(F)ccc2[N+](=O)[O-])C1. The fourth-order valence-corrected chi connectivity index (χ4v) is 2.85. The van der Waals surface area contributed by atoms with E-state index in [4.69, 9.17) is 0 Å². The molecule has 22 heavy (non-hydrogen) atoms. The second kappa shape index (κ2) is 5.90. The Morgan fingerprint density at radius 3 is 2.86 bits per heavy atom. The van der Waals surface area contributed by atoms with Crippen LogP contribution in [0.15, 0.2) is 18.2 Å². The molecule has 1 N–H and O–H groups in total. The van der Waals surface area contributed by atoms with Gasteiger partial charge in [-0.3, -0.25) is 14.9 Å². The minimum absolute atomic E-state index is 0.134. The van der Waals surface area contributed by atoms with E-state index in [2.05, 4.69) is 5.32 Å². The minimum atomic E-state index is -0.528. The van der Waals surface area contributed by atoms with E-state index in [1.807, 2.05) is 4.90 Å². The predicted molar refractivity (Wildman–Crippen MR) is 79.0 cm³/mol. The lowest BCUT2D eigenvalue weighted by atomic mass is 10.1. The van der Waals surface area contributed by atoms with Crippen LogP contribution in [0.4, 0.5) is 15.8 Å². The van der Waals surface area contributed by atoms with Crippen LogP contribution in [0.5, 0.6) is 0 Å². The molecular weight excluding hydrogens is 289 g/mol. The third kappa shape index (κ3) is 3.18. The van der Waals surface area contributed by atoms with Gasteiger partial charge in [0.25, 0.3) is 5.69 Å². The molecule has 1 atom stereocenters. The average Bonchev–Trinajstić information content (AvgIpc) is 3.22. The van der Waals surface area contributed by atoms with E-state index in [0.29, 0.717) is 13.1 Å². The molecule has 2 aliphatic rings. The van der Waals surface area contributed by atoms with Crippen molar-refractivity contribution in [1.29, 1.82) is 0 Å². The lowest BCUT2D eigenvalue weighted by Crippen LogP contribution is -2.30. The maximum atomic E-state index is 13.3. The molecule has 1 heterocycles. The van der Waals surface area contributed by atoms with Crippen LogP contribution in [0.1, 0.15) is 19.3 Å². The van der Waals surface area contributed by atoms with Crippen LogP contribution in [0.2, 0.25) is 0 Å². The number of carbonyl (C=O) groups excluding carboxylic acids is 1. The first-order valence-electron chi connectivity index (χ1n) is 7.51. The van der Waals surface area contributed by atoms with E-state index in [1.165, 1.54) is 0 Å². The number of hydrogen-bond acceptors (Lipinski definition) is 4. The number of likely N-dealkylation sites (tertiary alicyclic amines) is 1. The van der Waals surface area contributed by atoms with Gasteiger partial charge in [-0.1, -0.05) is 0 Å². The number of nitrogens with zero attached hydrogens (tertiary/aromatic N) is 2. The smallest absolute Gasteiger partial charge is 0.292 e. The number of anilines is 1. The Balaban J connectivity index is 1.58. The third-order valence-corrected chi connectivity index (χ3v) is 4.26. The van der Waals surface area contributed by atoms with Gasteiger partial charge in [0.15, 0.2) is 0 Å². The van der Waals surface area contributed by atoms with Crippen LogP contribution in [0.3, 0.4) is 0 Å². The molecule has 1 aliphatic carbocycles. The quantitative estimate of drug-likeness (QED) is 0.669. The van der Waals surface area contributed by atoms with Gasteiger partial charge in [0, 0.05) is 37.7 Å². The summed E-state index contributed by atoms with van der Waals surface area (Å²) in [6, 6.07) is 3.38. The number of nitrogens with one attached hydrogen (secondary N) is 1. The first-order valence-corrected chi connectivity index (χ1v) is 7.51. The Morgan fingerprint density at radius 1 is 1.41 bits per heavy atom. The van der Waals surface area contributed by atoms with E-state index in [9.17, 15) is 19.3 Å². The highest BCUT2D eigenvalue weighted by atomic mass is 19.1. The molecular formula is C15H18FN3O3. The lowest BCUT2D eigenvalue weighted by Gasteiger charge is -2.16. The Labute approximate surface area is 127 Å². The van der Waals surface area contributed by atoms with Crippen molar-refractivity contribution in [3.8, 4) is 0 Å². The molecule has 1 aromatic carbocycles. The summed E-state index contributed by atoms with van der Waals surface area (Å²) in [6.07, 6.45) is 2.86. The fourth-order valence-electron chi connectivity index (χ4n) is 2.85. The summed E-state index contributed by atoms with van der Waals surface area (Å²) in [6.45, 7) is 1.91. The van der Waals surface area contributed by atoms with Crippen LogP contribution >= 0.6 is 0 Å². The molecule has 1 amide bonds. The highest BCUT2D eigenvalue weighted by molar-refractivity contribution is 5.81. The zero-order valence-electron chi connectivity index (χ0n) is 12.1. The van der Waals surface area contributed by atoms with Crippen molar-refractivity contribution in [2.24, 2.45) is 11.8 Å². The van der Waals surface area contributed by atoms with Gasteiger partial charge in [-0.25, -0.2) is 4.39 Å². The molecule has 0 unspecified atom stereocenters. The normalized spacial score (nSPS) is 21.0. The number of carbonyl (C=O) groups is 1. The van der Waals surface area contributed by atoms with E-state index in [-0.39, 0.29) is 29.1 Å². The monoisotopic (exact) mass is 307 g/mol. The second-order valence-corrected chi connectivity index (χ2v) is 6.01. The fraction of sp³-hybridized carbons (Fsp3) is 0.533. The zero-order chi connectivity index (χ0) is 15.7. The van der Waals surface area contributed by atoms with Crippen molar-refractivity contribution in [3.63, 3.8) is 0 Å². The van der Waals surface area contributed by atoms with Crippen molar-refractivity contribution in [3.05, 3.63) is 34.1 Å². The van der Waals surface area contributed by atoms with Crippen LogP contribution < -0.4 is 5.32 Å². The van der Waals surface area contributed by atoms with E-state index >= 15 is 0 Å². The van der Waals surface area contributed by atoms with Crippen molar-refractivity contribution >= 4 is 17.3 Å². The Bertz CT molecular complexity index is 604. The van der Waals surface area contributed by atoms with Gasteiger partial charge in [-0.05, 0) is 31.2 Å². The van der Waals surface area contributed by atoms with Crippen LogP contribution in [0.25, 0.3) is 0 Å². The molecule has 1 aromatic rings. The van der Waals surface area contributed by atoms with Crippen molar-refractivity contribution in [2.75, 3.05) is 25.0 Å². The number of nitro benzene ring substituents is 1. The molecule has 118 valence electrons. The van der Waals surface area contributed by atoms with Crippen molar-refractivity contribution < 1.29 is 14.1 Å². The summed E-state index contributed by atoms with van der Waals surface area (Å²) in [4.78, 5) is 24.3. The highest BCUT2D eigenvalue weighted by Crippen LogP contribution is 2.33. The van der Waals surface area contributed by atoms with Crippen LogP contribution in [-0.4, -0.2) is 35.4 Å². The number of hydrogen-bond donors (Lipinski definition) is 1. The minimum Gasteiger partial charge on any atom is -0.379 e. The molecule has 2 fully saturated rings. The van der Waals surface area contributed by atoms with Gasteiger partial charge in [-0.2, -0.15) is 0 Å². The summed E-state index contributed by atoms with van der Waals surface area (Å²) in [5.41, 5.74) is 0.0577. The number of rotatable bonds is 5. The summed E-state index contributed by atoms with van der Waals surface area (Å²) < 4.78 is 13.3. The molecule has 1 saturated heterocycles. The second-order valence-electron chi connectivity index (χ2n) is 6.01. The number of benzene rings is 1. The molecule has 0 bridgehead atoms. The van der Waals surface area contributed by atoms with E-state index in [0.717, 1.165) is 44.0 Å². The Morgan fingerprint density at radius 2 is 2.18 bits per heavy atom. The van der Waals surface area contributed by atoms with Gasteiger partial charge in [0.2, 0.25) is 5.91 Å². The zero-order valence-corrected chi connectivity index (χ0v) is 12.1. The molecule has 6 nitrogen and oxygen atoms in total. The number of halogens is 1.